The third kappa shape index (κ3) is 4.15. The Labute approximate surface area is 140 Å². The maximum absolute atomic E-state index is 12.8. The maximum Gasteiger partial charge on any atom is 0.313 e. The molecule has 1 amide bonds. The van der Waals surface area contributed by atoms with E-state index in [1.165, 1.54) is 7.11 Å². The summed E-state index contributed by atoms with van der Waals surface area (Å²) < 4.78 is 23.1. The highest BCUT2D eigenvalue weighted by Crippen LogP contribution is 2.35. The van der Waals surface area contributed by atoms with E-state index in [2.05, 4.69) is 0 Å². The van der Waals surface area contributed by atoms with Gasteiger partial charge in [0, 0.05) is 18.8 Å². The smallest absolute Gasteiger partial charge is 0.313 e. The molecule has 1 atom stereocenters. The minimum Gasteiger partial charge on any atom is -0.493 e. The van der Waals surface area contributed by atoms with Crippen molar-refractivity contribution < 1.29 is 23.5 Å². The molecule has 2 N–H and O–H groups in total. The number of halogens is 1. The van der Waals surface area contributed by atoms with Crippen LogP contribution in [0.15, 0.2) is 24.3 Å². The van der Waals surface area contributed by atoms with E-state index < -0.39 is 18.1 Å². The van der Waals surface area contributed by atoms with Gasteiger partial charge in [-0.1, -0.05) is 0 Å². The Bertz CT molecular complexity index is 578. The SMILES string of the molecule is COC(=O)C1(CCF)CCN(C(=O)CCOc2ccc(N)cc2)C1. The van der Waals surface area contributed by atoms with Crippen molar-refractivity contribution in [2.45, 2.75) is 19.3 Å². The number of benzene rings is 1. The summed E-state index contributed by atoms with van der Waals surface area (Å²) in [6.45, 7) is 0.241. The van der Waals surface area contributed by atoms with Crippen LogP contribution in [0, 0.1) is 5.41 Å². The molecule has 1 aromatic carbocycles. The molecule has 0 aliphatic carbocycles. The van der Waals surface area contributed by atoms with Gasteiger partial charge in [-0.3, -0.25) is 14.0 Å². The average Bonchev–Trinajstić information content (AvgIpc) is 3.02. The predicted molar refractivity (Wildman–Crippen MR) is 87.2 cm³/mol. The van der Waals surface area contributed by atoms with Crippen LogP contribution in [0.3, 0.4) is 0 Å². The molecule has 7 heteroatoms. The van der Waals surface area contributed by atoms with Crippen LogP contribution in [0.2, 0.25) is 0 Å². The van der Waals surface area contributed by atoms with Crippen molar-refractivity contribution >= 4 is 17.6 Å². The van der Waals surface area contributed by atoms with Crippen molar-refractivity contribution in [1.29, 1.82) is 0 Å². The standard InChI is InChI=1S/C17H23FN2O4/c1-23-16(22)17(7-9-18)8-10-20(12-17)15(21)6-11-24-14-4-2-13(19)3-5-14/h2-5H,6-12,19H2,1H3. The zero-order valence-electron chi connectivity index (χ0n) is 13.8. The number of nitrogen functional groups attached to an aromatic ring is 1. The van der Waals surface area contributed by atoms with Crippen LogP contribution < -0.4 is 10.5 Å². The maximum atomic E-state index is 12.8. The summed E-state index contributed by atoms with van der Waals surface area (Å²) in [6.07, 6.45) is 0.691. The summed E-state index contributed by atoms with van der Waals surface area (Å²) in [5.74, 6) is 0.0726. The average molecular weight is 338 g/mol. The Hall–Kier alpha value is -2.31. The largest absolute Gasteiger partial charge is 0.493 e. The minimum atomic E-state index is -0.920. The zero-order valence-corrected chi connectivity index (χ0v) is 13.8. The number of esters is 1. The van der Waals surface area contributed by atoms with E-state index in [9.17, 15) is 14.0 Å². The molecule has 1 aliphatic heterocycles. The van der Waals surface area contributed by atoms with Gasteiger partial charge < -0.3 is 20.1 Å². The number of carbonyl (C=O) groups excluding carboxylic acids is 2. The lowest BCUT2D eigenvalue weighted by Crippen LogP contribution is -2.38. The summed E-state index contributed by atoms with van der Waals surface area (Å²) in [4.78, 5) is 25.8. The molecule has 2 rings (SSSR count). The van der Waals surface area contributed by atoms with E-state index in [4.69, 9.17) is 15.2 Å². The Morgan fingerprint density at radius 2 is 2.04 bits per heavy atom. The van der Waals surface area contributed by atoms with Crippen LogP contribution in [-0.4, -0.2) is 50.3 Å². The molecular weight excluding hydrogens is 315 g/mol. The van der Waals surface area contributed by atoms with Gasteiger partial charge in [0.15, 0.2) is 0 Å². The minimum absolute atomic E-state index is 0.0748. The Kier molecular flexibility index (Phi) is 6.00. The van der Waals surface area contributed by atoms with Crippen LogP contribution in [-0.2, 0) is 14.3 Å². The van der Waals surface area contributed by atoms with Crippen LogP contribution in [0.25, 0.3) is 0 Å². The van der Waals surface area contributed by atoms with E-state index in [0.717, 1.165) is 0 Å². The van der Waals surface area contributed by atoms with Gasteiger partial charge in [0.2, 0.25) is 5.91 Å². The molecule has 1 aromatic rings. The van der Waals surface area contributed by atoms with Crippen LogP contribution >= 0.6 is 0 Å². The lowest BCUT2D eigenvalue weighted by atomic mass is 9.84. The van der Waals surface area contributed by atoms with Crippen molar-refractivity contribution in [3.05, 3.63) is 24.3 Å². The highest BCUT2D eigenvalue weighted by Gasteiger charge is 2.46. The number of methoxy groups -OCH3 is 1. The molecule has 1 heterocycles. The first-order valence-corrected chi connectivity index (χ1v) is 7.91. The van der Waals surface area contributed by atoms with Crippen LogP contribution in [0.1, 0.15) is 19.3 Å². The van der Waals surface area contributed by atoms with Gasteiger partial charge in [0.05, 0.1) is 32.2 Å². The van der Waals surface area contributed by atoms with Crippen molar-refractivity contribution in [2.24, 2.45) is 5.41 Å². The molecule has 0 bridgehead atoms. The van der Waals surface area contributed by atoms with Gasteiger partial charge in [-0.05, 0) is 37.1 Å². The summed E-state index contributed by atoms with van der Waals surface area (Å²) in [5.41, 5.74) is 5.31. The van der Waals surface area contributed by atoms with Gasteiger partial charge in [-0.2, -0.15) is 0 Å². The number of nitrogens with two attached hydrogens (primary N) is 1. The Balaban J connectivity index is 1.84. The third-order valence-electron chi connectivity index (χ3n) is 4.36. The normalized spacial score (nSPS) is 20.0. The number of rotatable bonds is 7. The fourth-order valence-electron chi connectivity index (χ4n) is 2.93. The highest BCUT2D eigenvalue weighted by atomic mass is 19.1. The van der Waals surface area contributed by atoms with Gasteiger partial charge in [0.1, 0.15) is 5.75 Å². The predicted octanol–water partition coefficient (Wildman–Crippen LogP) is 1.79. The number of nitrogens with zero attached hydrogens (tertiary/aromatic N) is 1. The highest BCUT2D eigenvalue weighted by molar-refractivity contribution is 5.81. The topological polar surface area (TPSA) is 81.9 Å². The van der Waals surface area contributed by atoms with Crippen molar-refractivity contribution in [3.8, 4) is 5.75 Å². The Morgan fingerprint density at radius 1 is 1.33 bits per heavy atom. The van der Waals surface area contributed by atoms with Gasteiger partial charge in [0.25, 0.3) is 0 Å². The van der Waals surface area contributed by atoms with E-state index in [1.54, 1.807) is 29.2 Å². The van der Waals surface area contributed by atoms with E-state index in [0.29, 0.717) is 24.4 Å². The van der Waals surface area contributed by atoms with Crippen molar-refractivity contribution in [1.82, 2.24) is 4.90 Å². The molecular formula is C17H23FN2O4. The molecule has 1 fully saturated rings. The van der Waals surface area contributed by atoms with E-state index in [-0.39, 0.29) is 31.9 Å². The number of hydrogen-bond donors (Lipinski definition) is 1. The number of likely N-dealkylation sites (tertiary alicyclic amines) is 1. The zero-order chi connectivity index (χ0) is 17.6. The third-order valence-corrected chi connectivity index (χ3v) is 4.36. The number of hydrogen-bond acceptors (Lipinski definition) is 5. The second kappa shape index (κ2) is 7.99. The van der Waals surface area contributed by atoms with E-state index in [1.807, 2.05) is 0 Å². The van der Waals surface area contributed by atoms with Gasteiger partial charge in [-0.15, -0.1) is 0 Å². The number of anilines is 1. The summed E-state index contributed by atoms with van der Waals surface area (Å²) >= 11 is 0. The first kappa shape index (κ1) is 18.0. The molecule has 1 unspecified atom stereocenters. The molecule has 1 saturated heterocycles. The summed E-state index contributed by atoms with van der Waals surface area (Å²) in [7, 11) is 1.28. The fourth-order valence-corrected chi connectivity index (χ4v) is 2.93. The summed E-state index contributed by atoms with van der Waals surface area (Å²) in [6, 6.07) is 6.91. The van der Waals surface area contributed by atoms with Crippen LogP contribution in [0.5, 0.6) is 5.75 Å². The number of alkyl halides is 1. The molecule has 0 aromatic heterocycles. The van der Waals surface area contributed by atoms with Crippen molar-refractivity contribution in [2.75, 3.05) is 39.2 Å². The van der Waals surface area contributed by atoms with Crippen molar-refractivity contribution in [3.63, 3.8) is 0 Å². The number of carbonyl (C=O) groups is 2. The van der Waals surface area contributed by atoms with E-state index >= 15 is 0 Å². The first-order chi connectivity index (χ1) is 11.5. The molecule has 132 valence electrons. The monoisotopic (exact) mass is 338 g/mol. The second-order valence-electron chi connectivity index (χ2n) is 5.94. The molecule has 0 saturated carbocycles. The molecule has 0 spiro atoms. The lowest BCUT2D eigenvalue weighted by Gasteiger charge is -2.25. The fraction of sp³-hybridized carbons (Fsp3) is 0.529. The van der Waals surface area contributed by atoms with Crippen LogP contribution in [0.4, 0.5) is 10.1 Å². The number of amides is 1. The Morgan fingerprint density at radius 3 is 2.67 bits per heavy atom. The van der Waals surface area contributed by atoms with Gasteiger partial charge in [-0.25, -0.2) is 0 Å². The molecule has 6 nitrogen and oxygen atoms in total. The molecule has 0 radical (unpaired) electrons. The second-order valence-corrected chi connectivity index (χ2v) is 5.94. The quantitative estimate of drug-likeness (QED) is 0.605. The first-order valence-electron chi connectivity index (χ1n) is 7.91. The lowest BCUT2D eigenvalue weighted by molar-refractivity contribution is -0.153. The molecule has 24 heavy (non-hydrogen) atoms. The molecule has 1 aliphatic rings. The summed E-state index contributed by atoms with van der Waals surface area (Å²) in [5, 5.41) is 0. The van der Waals surface area contributed by atoms with Gasteiger partial charge >= 0.3 is 5.97 Å². The number of ether oxygens (including phenoxy) is 2.